The van der Waals surface area contributed by atoms with Crippen molar-refractivity contribution in [1.29, 1.82) is 0 Å². The molecule has 0 unspecified atom stereocenters. The van der Waals surface area contributed by atoms with Crippen LogP contribution < -0.4 is 0 Å². The van der Waals surface area contributed by atoms with Crippen LogP contribution in [0.5, 0.6) is 0 Å². The highest BCUT2D eigenvalue weighted by atomic mass is 32.2. The van der Waals surface area contributed by atoms with Gasteiger partial charge >= 0.3 is 5.97 Å². The minimum Gasteiger partial charge on any atom is -0.475 e. The minimum atomic E-state index is -3.51. The Labute approximate surface area is 125 Å². The van der Waals surface area contributed by atoms with Crippen molar-refractivity contribution in [2.75, 3.05) is 14.1 Å². The molecule has 0 saturated carbocycles. The Hall–Kier alpha value is -1.84. The number of pyridine rings is 1. The standard InChI is InChI=1S/C12H12N2O5S2/c1-14(2)21(17,18)8-3-5-10(13-7-8)20-11-6-4-9(19-11)12(15)16/h3-7H,1-2H3,(H,15,16). The number of carboxylic acids is 1. The number of aromatic carboxylic acids is 1. The Kier molecular flexibility index (Phi) is 4.35. The van der Waals surface area contributed by atoms with E-state index in [1.807, 2.05) is 0 Å². The molecule has 0 aliphatic heterocycles. The second-order valence-electron chi connectivity index (χ2n) is 4.15. The van der Waals surface area contributed by atoms with Crippen LogP contribution in [0, 0.1) is 0 Å². The van der Waals surface area contributed by atoms with Gasteiger partial charge in [0.1, 0.15) is 9.92 Å². The SMILES string of the molecule is CN(C)S(=O)(=O)c1ccc(Sc2ccc(C(=O)O)o2)nc1. The molecule has 0 aromatic carbocycles. The number of nitrogens with zero attached hydrogens (tertiary/aromatic N) is 2. The average Bonchev–Trinajstić information content (AvgIpc) is 2.88. The van der Waals surface area contributed by atoms with E-state index >= 15 is 0 Å². The molecule has 2 rings (SSSR count). The molecule has 2 aromatic heterocycles. The number of carboxylic acid groups (broad SMARTS) is 1. The third kappa shape index (κ3) is 3.43. The molecule has 0 atom stereocenters. The molecule has 0 radical (unpaired) electrons. The molecule has 0 bridgehead atoms. The summed E-state index contributed by atoms with van der Waals surface area (Å²) < 4.78 is 29.9. The fourth-order valence-corrected chi connectivity index (χ4v) is 2.95. The molecule has 0 amide bonds. The first-order valence-electron chi connectivity index (χ1n) is 5.70. The van der Waals surface area contributed by atoms with Crippen LogP contribution in [0.4, 0.5) is 0 Å². The number of furan rings is 1. The molecule has 7 nitrogen and oxygen atoms in total. The first-order valence-corrected chi connectivity index (χ1v) is 7.96. The van der Waals surface area contributed by atoms with Crippen molar-refractivity contribution in [3.8, 4) is 0 Å². The van der Waals surface area contributed by atoms with E-state index in [1.165, 1.54) is 44.6 Å². The van der Waals surface area contributed by atoms with Crippen molar-refractivity contribution in [3.63, 3.8) is 0 Å². The number of aromatic nitrogens is 1. The Morgan fingerprint density at radius 3 is 2.48 bits per heavy atom. The topological polar surface area (TPSA) is 101 Å². The van der Waals surface area contributed by atoms with Crippen LogP contribution in [0.3, 0.4) is 0 Å². The fourth-order valence-electron chi connectivity index (χ4n) is 1.38. The first-order chi connectivity index (χ1) is 9.80. The number of hydrogen-bond donors (Lipinski definition) is 1. The van der Waals surface area contributed by atoms with Gasteiger partial charge in [0.15, 0.2) is 5.09 Å². The smallest absolute Gasteiger partial charge is 0.371 e. The summed E-state index contributed by atoms with van der Waals surface area (Å²) in [6.45, 7) is 0. The van der Waals surface area contributed by atoms with Gasteiger partial charge in [0.2, 0.25) is 15.8 Å². The summed E-state index contributed by atoms with van der Waals surface area (Å²) in [5.41, 5.74) is 0. The van der Waals surface area contributed by atoms with Gasteiger partial charge in [-0.25, -0.2) is 22.5 Å². The molecule has 0 fully saturated rings. The van der Waals surface area contributed by atoms with Gasteiger partial charge in [0.25, 0.3) is 0 Å². The van der Waals surface area contributed by atoms with Gasteiger partial charge in [0.05, 0.1) is 0 Å². The Morgan fingerprint density at radius 2 is 2.00 bits per heavy atom. The van der Waals surface area contributed by atoms with E-state index in [9.17, 15) is 13.2 Å². The minimum absolute atomic E-state index is 0.0857. The van der Waals surface area contributed by atoms with E-state index in [2.05, 4.69) is 4.98 Å². The summed E-state index contributed by atoms with van der Waals surface area (Å²) >= 11 is 1.10. The van der Waals surface area contributed by atoms with Gasteiger partial charge in [-0.15, -0.1) is 0 Å². The number of rotatable bonds is 5. The summed E-state index contributed by atoms with van der Waals surface area (Å²) in [6, 6.07) is 5.82. The molecule has 112 valence electrons. The monoisotopic (exact) mass is 328 g/mol. The maximum absolute atomic E-state index is 11.9. The molecule has 1 N–H and O–H groups in total. The summed E-state index contributed by atoms with van der Waals surface area (Å²) in [6.07, 6.45) is 1.25. The van der Waals surface area contributed by atoms with Crippen molar-refractivity contribution in [1.82, 2.24) is 9.29 Å². The summed E-state index contributed by atoms with van der Waals surface area (Å²) in [7, 11) is -0.636. The van der Waals surface area contributed by atoms with E-state index in [0.717, 1.165) is 16.1 Å². The summed E-state index contributed by atoms with van der Waals surface area (Å²) in [4.78, 5) is 14.8. The van der Waals surface area contributed by atoms with E-state index in [1.54, 1.807) is 0 Å². The van der Waals surface area contributed by atoms with Crippen molar-refractivity contribution in [3.05, 3.63) is 36.2 Å². The third-order valence-corrected chi connectivity index (χ3v) is 5.15. The van der Waals surface area contributed by atoms with Crippen LogP contribution in [0.2, 0.25) is 0 Å². The molecule has 9 heteroatoms. The van der Waals surface area contributed by atoms with E-state index < -0.39 is 16.0 Å². The zero-order valence-corrected chi connectivity index (χ0v) is 12.8. The zero-order valence-electron chi connectivity index (χ0n) is 11.2. The molecular weight excluding hydrogens is 316 g/mol. The Morgan fingerprint density at radius 1 is 1.29 bits per heavy atom. The van der Waals surface area contributed by atoms with E-state index in [0.29, 0.717) is 10.1 Å². The predicted molar refractivity (Wildman–Crippen MR) is 74.9 cm³/mol. The molecule has 21 heavy (non-hydrogen) atoms. The van der Waals surface area contributed by atoms with E-state index in [4.69, 9.17) is 9.52 Å². The largest absolute Gasteiger partial charge is 0.475 e. The Balaban J connectivity index is 2.18. The normalized spacial score (nSPS) is 11.8. The highest BCUT2D eigenvalue weighted by Crippen LogP contribution is 2.28. The van der Waals surface area contributed by atoms with Gasteiger partial charge < -0.3 is 9.52 Å². The fraction of sp³-hybridized carbons (Fsp3) is 0.167. The van der Waals surface area contributed by atoms with Crippen LogP contribution in [0.25, 0.3) is 0 Å². The highest BCUT2D eigenvalue weighted by Gasteiger charge is 2.17. The lowest BCUT2D eigenvalue weighted by Crippen LogP contribution is -2.22. The lowest BCUT2D eigenvalue weighted by molar-refractivity contribution is 0.0656. The zero-order chi connectivity index (χ0) is 15.6. The summed E-state index contributed by atoms with van der Waals surface area (Å²) in [5, 5.41) is 9.62. The van der Waals surface area contributed by atoms with E-state index in [-0.39, 0.29) is 10.7 Å². The summed E-state index contributed by atoms with van der Waals surface area (Å²) in [5.74, 6) is -1.31. The maximum atomic E-state index is 11.9. The van der Waals surface area contributed by atoms with Crippen molar-refractivity contribution in [2.24, 2.45) is 0 Å². The van der Waals surface area contributed by atoms with Crippen LogP contribution in [-0.4, -0.2) is 42.9 Å². The average molecular weight is 328 g/mol. The van der Waals surface area contributed by atoms with Crippen LogP contribution in [-0.2, 0) is 10.0 Å². The quantitative estimate of drug-likeness (QED) is 0.892. The van der Waals surface area contributed by atoms with Crippen LogP contribution in [0.15, 0.2) is 49.9 Å². The van der Waals surface area contributed by atoms with Gasteiger partial charge in [-0.1, -0.05) is 0 Å². The third-order valence-electron chi connectivity index (χ3n) is 2.49. The molecule has 2 heterocycles. The second kappa shape index (κ2) is 5.88. The van der Waals surface area contributed by atoms with Crippen LogP contribution >= 0.6 is 11.8 Å². The van der Waals surface area contributed by atoms with Gasteiger partial charge in [-0.05, 0) is 36.0 Å². The molecular formula is C12H12N2O5S2. The Bertz CT molecular complexity index is 750. The highest BCUT2D eigenvalue weighted by molar-refractivity contribution is 7.99. The van der Waals surface area contributed by atoms with Crippen molar-refractivity contribution in [2.45, 2.75) is 15.0 Å². The van der Waals surface area contributed by atoms with Gasteiger partial charge in [-0.2, -0.15) is 0 Å². The van der Waals surface area contributed by atoms with Gasteiger partial charge in [-0.3, -0.25) is 0 Å². The number of carbonyl (C=O) groups is 1. The lowest BCUT2D eigenvalue weighted by atomic mass is 10.5. The first kappa shape index (κ1) is 15.5. The molecule has 0 aliphatic rings. The molecule has 0 spiro atoms. The lowest BCUT2D eigenvalue weighted by Gasteiger charge is -2.10. The maximum Gasteiger partial charge on any atom is 0.371 e. The van der Waals surface area contributed by atoms with Crippen LogP contribution in [0.1, 0.15) is 10.6 Å². The number of hydrogen-bond acceptors (Lipinski definition) is 6. The predicted octanol–water partition coefficient (Wildman–Crippen LogP) is 1.77. The second-order valence-corrected chi connectivity index (χ2v) is 7.32. The van der Waals surface area contributed by atoms with Gasteiger partial charge in [0, 0.05) is 20.3 Å². The molecule has 0 aliphatic carbocycles. The molecule has 2 aromatic rings. The number of sulfonamides is 1. The molecule has 0 saturated heterocycles. The van der Waals surface area contributed by atoms with Crippen molar-refractivity contribution < 1.29 is 22.7 Å². The van der Waals surface area contributed by atoms with Crippen molar-refractivity contribution >= 4 is 27.8 Å².